The van der Waals surface area contributed by atoms with E-state index >= 15 is 0 Å². The van der Waals surface area contributed by atoms with Crippen LogP contribution in [0.5, 0.6) is 0 Å². The molecule has 29 heavy (non-hydrogen) atoms. The van der Waals surface area contributed by atoms with Crippen LogP contribution in [0.2, 0.25) is 0 Å². The SMILES string of the molecule is CSCCNC(=NCc1ccn(-c2ccc(F)cc2)n1)NCCc1ccco1.I. The maximum absolute atomic E-state index is 13.1. The zero-order chi connectivity index (χ0) is 19.6. The van der Waals surface area contributed by atoms with E-state index in [0.29, 0.717) is 6.54 Å². The van der Waals surface area contributed by atoms with Crippen LogP contribution in [0, 0.1) is 5.82 Å². The van der Waals surface area contributed by atoms with E-state index in [4.69, 9.17) is 4.42 Å². The second kappa shape index (κ2) is 12.5. The average Bonchev–Trinajstić information content (AvgIpc) is 3.38. The van der Waals surface area contributed by atoms with Gasteiger partial charge in [-0.3, -0.25) is 0 Å². The number of benzene rings is 1. The number of halogens is 2. The Hall–Kier alpha value is -2.01. The van der Waals surface area contributed by atoms with E-state index in [0.717, 1.165) is 48.4 Å². The standard InChI is InChI=1S/C20H24FN5OS.HI/c1-28-14-11-23-20(22-10-8-19-3-2-13-27-19)24-15-17-9-12-26(25-17)18-6-4-16(21)5-7-18;/h2-7,9,12-13H,8,10-11,14-15H2,1H3,(H2,22,23,24);1H. The molecule has 0 amide bonds. The first kappa shape index (κ1) is 23.3. The fourth-order valence-electron chi connectivity index (χ4n) is 2.55. The number of aliphatic imine (C=N–C) groups is 1. The summed E-state index contributed by atoms with van der Waals surface area (Å²) < 4.78 is 20.1. The average molecular weight is 529 g/mol. The maximum Gasteiger partial charge on any atom is 0.191 e. The number of thioether (sulfide) groups is 1. The van der Waals surface area contributed by atoms with Crippen LogP contribution in [0.15, 0.2) is 64.3 Å². The topological polar surface area (TPSA) is 67.4 Å². The Kier molecular flexibility index (Phi) is 10.1. The van der Waals surface area contributed by atoms with Crippen LogP contribution in [0.4, 0.5) is 4.39 Å². The van der Waals surface area contributed by atoms with Gasteiger partial charge in [0.15, 0.2) is 5.96 Å². The molecule has 0 saturated heterocycles. The lowest BCUT2D eigenvalue weighted by Crippen LogP contribution is -2.39. The summed E-state index contributed by atoms with van der Waals surface area (Å²) in [5.74, 6) is 2.42. The molecule has 0 radical (unpaired) electrons. The van der Waals surface area contributed by atoms with Gasteiger partial charge in [0.2, 0.25) is 0 Å². The van der Waals surface area contributed by atoms with E-state index in [2.05, 4.69) is 27.0 Å². The smallest absolute Gasteiger partial charge is 0.191 e. The first-order chi connectivity index (χ1) is 13.7. The predicted molar refractivity (Wildman–Crippen MR) is 127 cm³/mol. The van der Waals surface area contributed by atoms with Crippen LogP contribution in [0.25, 0.3) is 5.69 Å². The molecule has 0 spiro atoms. The third-order valence-corrected chi connectivity index (χ3v) is 4.59. The summed E-state index contributed by atoms with van der Waals surface area (Å²) in [4.78, 5) is 4.62. The highest BCUT2D eigenvalue weighted by atomic mass is 127. The third-order valence-electron chi connectivity index (χ3n) is 3.98. The molecule has 0 saturated carbocycles. The van der Waals surface area contributed by atoms with Crippen molar-refractivity contribution in [3.8, 4) is 5.69 Å². The molecular formula is C20H25FIN5OS. The Bertz CT molecular complexity index is 867. The molecule has 3 aromatic rings. The summed E-state index contributed by atoms with van der Waals surface area (Å²) in [5.41, 5.74) is 1.65. The fourth-order valence-corrected chi connectivity index (χ4v) is 2.85. The van der Waals surface area contributed by atoms with Crippen molar-refractivity contribution in [1.29, 1.82) is 0 Å². The summed E-state index contributed by atoms with van der Waals surface area (Å²) in [6.07, 6.45) is 6.39. The molecule has 0 aliphatic rings. The number of nitrogens with zero attached hydrogens (tertiary/aromatic N) is 3. The van der Waals surface area contributed by atoms with Crippen molar-refractivity contribution in [2.45, 2.75) is 13.0 Å². The largest absolute Gasteiger partial charge is 0.469 e. The van der Waals surface area contributed by atoms with Gasteiger partial charge in [-0.1, -0.05) is 0 Å². The molecule has 2 heterocycles. The molecule has 0 unspecified atom stereocenters. The van der Waals surface area contributed by atoms with Crippen LogP contribution < -0.4 is 10.6 Å². The Morgan fingerprint density at radius 2 is 1.97 bits per heavy atom. The first-order valence-corrected chi connectivity index (χ1v) is 10.5. The summed E-state index contributed by atoms with van der Waals surface area (Å²) in [7, 11) is 0. The van der Waals surface area contributed by atoms with Crippen LogP contribution >= 0.6 is 35.7 Å². The van der Waals surface area contributed by atoms with Gasteiger partial charge in [0.1, 0.15) is 11.6 Å². The number of nitrogens with one attached hydrogen (secondary N) is 2. The second-order valence-electron chi connectivity index (χ2n) is 6.07. The number of aromatic nitrogens is 2. The molecule has 2 N–H and O–H groups in total. The Balaban J connectivity index is 0.00000300. The number of rotatable bonds is 9. The van der Waals surface area contributed by atoms with E-state index in [1.807, 2.05) is 24.4 Å². The molecule has 2 aromatic heterocycles. The summed E-state index contributed by atoms with van der Waals surface area (Å²) >= 11 is 1.78. The summed E-state index contributed by atoms with van der Waals surface area (Å²) in [6, 6.07) is 12.0. The first-order valence-electron chi connectivity index (χ1n) is 9.08. The molecule has 9 heteroatoms. The molecular weight excluding hydrogens is 504 g/mol. The van der Waals surface area contributed by atoms with Crippen molar-refractivity contribution < 1.29 is 8.81 Å². The van der Waals surface area contributed by atoms with E-state index in [1.165, 1.54) is 12.1 Å². The minimum atomic E-state index is -0.262. The highest BCUT2D eigenvalue weighted by Gasteiger charge is 2.04. The van der Waals surface area contributed by atoms with Crippen molar-refractivity contribution in [3.63, 3.8) is 0 Å². The van der Waals surface area contributed by atoms with E-state index in [-0.39, 0.29) is 29.8 Å². The number of furan rings is 1. The number of hydrogen-bond donors (Lipinski definition) is 2. The van der Waals surface area contributed by atoms with Crippen molar-refractivity contribution in [1.82, 2.24) is 20.4 Å². The lowest BCUT2D eigenvalue weighted by molar-refractivity contribution is 0.507. The molecule has 0 atom stereocenters. The van der Waals surface area contributed by atoms with Crippen LogP contribution in [0.1, 0.15) is 11.5 Å². The zero-order valence-electron chi connectivity index (χ0n) is 16.2. The molecule has 0 aliphatic heterocycles. The molecule has 156 valence electrons. The van der Waals surface area contributed by atoms with E-state index in [9.17, 15) is 4.39 Å². The Labute approximate surface area is 191 Å². The lowest BCUT2D eigenvalue weighted by Gasteiger charge is -2.11. The highest BCUT2D eigenvalue weighted by molar-refractivity contribution is 14.0. The molecule has 0 aliphatic carbocycles. The normalized spacial score (nSPS) is 11.2. The summed E-state index contributed by atoms with van der Waals surface area (Å²) in [5, 5.41) is 11.2. The summed E-state index contributed by atoms with van der Waals surface area (Å²) in [6.45, 7) is 2.00. The van der Waals surface area contributed by atoms with Crippen molar-refractivity contribution in [2.75, 3.05) is 25.1 Å². The minimum absolute atomic E-state index is 0. The number of hydrogen-bond acceptors (Lipinski definition) is 4. The Morgan fingerprint density at radius 1 is 1.17 bits per heavy atom. The van der Waals surface area contributed by atoms with Gasteiger partial charge in [-0.05, 0) is 48.7 Å². The van der Waals surface area contributed by atoms with Gasteiger partial charge in [-0.15, -0.1) is 24.0 Å². The number of guanidine groups is 1. The fraction of sp³-hybridized carbons (Fsp3) is 0.300. The van der Waals surface area contributed by atoms with Gasteiger partial charge in [0, 0.05) is 31.5 Å². The van der Waals surface area contributed by atoms with E-state index < -0.39 is 0 Å². The Morgan fingerprint density at radius 3 is 2.69 bits per heavy atom. The predicted octanol–water partition coefficient (Wildman–Crippen LogP) is 3.86. The van der Waals surface area contributed by atoms with Crippen molar-refractivity contribution >= 4 is 41.7 Å². The minimum Gasteiger partial charge on any atom is -0.469 e. The van der Waals surface area contributed by atoms with Crippen LogP contribution in [-0.2, 0) is 13.0 Å². The zero-order valence-corrected chi connectivity index (χ0v) is 19.3. The molecule has 0 bridgehead atoms. The van der Waals surface area contributed by atoms with Gasteiger partial charge in [0.05, 0.1) is 24.2 Å². The van der Waals surface area contributed by atoms with Crippen molar-refractivity contribution in [2.24, 2.45) is 4.99 Å². The lowest BCUT2D eigenvalue weighted by atomic mass is 10.3. The van der Waals surface area contributed by atoms with Gasteiger partial charge < -0.3 is 15.1 Å². The molecule has 3 rings (SSSR count). The van der Waals surface area contributed by atoms with Crippen LogP contribution in [-0.4, -0.2) is 40.8 Å². The van der Waals surface area contributed by atoms with Gasteiger partial charge in [-0.2, -0.15) is 16.9 Å². The molecule has 1 aromatic carbocycles. The molecule has 6 nitrogen and oxygen atoms in total. The molecule has 0 fully saturated rings. The van der Waals surface area contributed by atoms with Gasteiger partial charge in [0.25, 0.3) is 0 Å². The van der Waals surface area contributed by atoms with Crippen LogP contribution in [0.3, 0.4) is 0 Å². The van der Waals surface area contributed by atoms with Crippen molar-refractivity contribution in [3.05, 3.63) is 72.2 Å². The van der Waals surface area contributed by atoms with E-state index in [1.54, 1.807) is 34.8 Å². The monoisotopic (exact) mass is 529 g/mol. The third kappa shape index (κ3) is 7.73. The second-order valence-corrected chi connectivity index (χ2v) is 7.05. The highest BCUT2D eigenvalue weighted by Crippen LogP contribution is 2.09. The van der Waals surface area contributed by atoms with Gasteiger partial charge >= 0.3 is 0 Å². The van der Waals surface area contributed by atoms with Gasteiger partial charge in [-0.25, -0.2) is 14.1 Å². The quantitative estimate of drug-likeness (QED) is 0.191. The maximum atomic E-state index is 13.1.